The molecule has 0 saturated carbocycles. The molecule has 0 amide bonds. The van der Waals surface area contributed by atoms with E-state index in [2.05, 4.69) is 14.9 Å². The predicted molar refractivity (Wildman–Crippen MR) is 61.3 cm³/mol. The van der Waals surface area contributed by atoms with Crippen LogP contribution in [0.4, 0.5) is 5.82 Å². The van der Waals surface area contributed by atoms with Crippen molar-refractivity contribution in [3.63, 3.8) is 0 Å². The van der Waals surface area contributed by atoms with Gasteiger partial charge in [0.25, 0.3) is 0 Å². The first-order valence-electron chi connectivity index (χ1n) is 5.12. The third-order valence-electron chi connectivity index (χ3n) is 2.44. The summed E-state index contributed by atoms with van der Waals surface area (Å²) in [6.45, 7) is 2.21. The van der Waals surface area contributed by atoms with E-state index in [1.54, 1.807) is 19.5 Å². The molecule has 1 aromatic rings. The van der Waals surface area contributed by atoms with Gasteiger partial charge in [0.2, 0.25) is 5.88 Å². The molecule has 6 heteroatoms. The van der Waals surface area contributed by atoms with Crippen LogP contribution in [0.25, 0.3) is 0 Å². The highest BCUT2D eigenvalue weighted by molar-refractivity contribution is 6.18. The number of nitrogens with zero attached hydrogens (tertiary/aromatic N) is 3. The van der Waals surface area contributed by atoms with E-state index in [1.807, 2.05) is 0 Å². The molecule has 1 fully saturated rings. The maximum atomic E-state index is 5.78. The van der Waals surface area contributed by atoms with Crippen molar-refractivity contribution in [2.24, 2.45) is 0 Å². The second-order valence-corrected chi connectivity index (χ2v) is 3.82. The fourth-order valence-electron chi connectivity index (χ4n) is 1.61. The third-order valence-corrected chi connectivity index (χ3v) is 2.79. The van der Waals surface area contributed by atoms with Gasteiger partial charge in [0.15, 0.2) is 5.82 Å². The SMILES string of the molecule is COc1cncc(N2CCOC(CCl)C2)n1. The van der Waals surface area contributed by atoms with Gasteiger partial charge in [-0.2, -0.15) is 4.98 Å². The van der Waals surface area contributed by atoms with Crippen molar-refractivity contribution in [2.75, 3.05) is 37.6 Å². The van der Waals surface area contributed by atoms with E-state index in [-0.39, 0.29) is 6.10 Å². The standard InChI is InChI=1S/C10H14ClN3O2/c1-15-10-6-12-5-9(13-10)14-2-3-16-8(4-11)7-14/h5-6,8H,2-4,7H2,1H3. The van der Waals surface area contributed by atoms with Crippen LogP contribution in [0.3, 0.4) is 0 Å². The van der Waals surface area contributed by atoms with E-state index < -0.39 is 0 Å². The Balaban J connectivity index is 2.10. The van der Waals surface area contributed by atoms with Crippen LogP contribution in [-0.2, 0) is 4.74 Å². The Morgan fingerprint density at radius 2 is 2.50 bits per heavy atom. The Morgan fingerprint density at radius 1 is 1.62 bits per heavy atom. The largest absolute Gasteiger partial charge is 0.480 e. The summed E-state index contributed by atoms with van der Waals surface area (Å²) in [5.74, 6) is 1.82. The summed E-state index contributed by atoms with van der Waals surface area (Å²) < 4.78 is 10.5. The average Bonchev–Trinajstić information content (AvgIpc) is 2.39. The average molecular weight is 244 g/mol. The summed E-state index contributed by atoms with van der Waals surface area (Å²) in [6, 6.07) is 0. The fourth-order valence-corrected chi connectivity index (χ4v) is 1.80. The summed E-state index contributed by atoms with van der Waals surface area (Å²) in [7, 11) is 1.58. The van der Waals surface area contributed by atoms with E-state index in [4.69, 9.17) is 21.1 Å². The van der Waals surface area contributed by atoms with E-state index in [0.717, 1.165) is 18.9 Å². The van der Waals surface area contributed by atoms with Crippen LogP contribution in [0.2, 0.25) is 0 Å². The van der Waals surface area contributed by atoms with Crippen LogP contribution in [-0.4, -0.2) is 48.8 Å². The maximum absolute atomic E-state index is 5.78. The summed E-state index contributed by atoms with van der Waals surface area (Å²) >= 11 is 5.78. The van der Waals surface area contributed by atoms with Gasteiger partial charge in [-0.3, -0.25) is 4.98 Å². The molecule has 2 heterocycles. The minimum Gasteiger partial charge on any atom is -0.480 e. The maximum Gasteiger partial charge on any atom is 0.233 e. The third kappa shape index (κ3) is 2.54. The van der Waals surface area contributed by atoms with Gasteiger partial charge < -0.3 is 14.4 Å². The second kappa shape index (κ2) is 5.32. The first-order valence-corrected chi connectivity index (χ1v) is 5.65. The van der Waals surface area contributed by atoms with Crippen molar-refractivity contribution in [2.45, 2.75) is 6.10 Å². The van der Waals surface area contributed by atoms with Crippen molar-refractivity contribution in [3.8, 4) is 5.88 Å². The number of hydrogen-bond acceptors (Lipinski definition) is 5. The molecule has 1 saturated heterocycles. The van der Waals surface area contributed by atoms with Crippen LogP contribution in [0.5, 0.6) is 5.88 Å². The molecule has 1 aliphatic rings. The zero-order valence-corrected chi connectivity index (χ0v) is 9.85. The number of methoxy groups -OCH3 is 1. The Kier molecular flexibility index (Phi) is 3.79. The number of anilines is 1. The van der Waals surface area contributed by atoms with E-state index in [0.29, 0.717) is 18.4 Å². The number of rotatable bonds is 3. The lowest BCUT2D eigenvalue weighted by Gasteiger charge is -2.32. The lowest BCUT2D eigenvalue weighted by Crippen LogP contribution is -2.43. The van der Waals surface area contributed by atoms with Gasteiger partial charge in [0, 0.05) is 13.1 Å². The molecule has 0 aliphatic carbocycles. The molecule has 0 aromatic carbocycles. The summed E-state index contributed by atoms with van der Waals surface area (Å²) in [6.07, 6.45) is 3.37. The number of alkyl halides is 1. The van der Waals surface area contributed by atoms with Gasteiger partial charge >= 0.3 is 0 Å². The molecule has 0 radical (unpaired) electrons. The molecule has 1 aromatic heterocycles. The molecule has 1 aliphatic heterocycles. The van der Waals surface area contributed by atoms with Crippen molar-refractivity contribution in [3.05, 3.63) is 12.4 Å². The summed E-state index contributed by atoms with van der Waals surface area (Å²) in [5.41, 5.74) is 0. The predicted octanol–water partition coefficient (Wildman–Crippen LogP) is 0.929. The minimum atomic E-state index is 0.0587. The molecular weight excluding hydrogens is 230 g/mol. The highest BCUT2D eigenvalue weighted by Crippen LogP contribution is 2.17. The Bertz CT molecular complexity index is 351. The highest BCUT2D eigenvalue weighted by atomic mass is 35.5. The van der Waals surface area contributed by atoms with Gasteiger partial charge in [0.05, 0.1) is 38.1 Å². The summed E-state index contributed by atoms with van der Waals surface area (Å²) in [4.78, 5) is 10.5. The lowest BCUT2D eigenvalue weighted by molar-refractivity contribution is 0.0551. The van der Waals surface area contributed by atoms with Crippen LogP contribution in [0.15, 0.2) is 12.4 Å². The first-order chi connectivity index (χ1) is 7.83. The van der Waals surface area contributed by atoms with Gasteiger partial charge in [-0.25, -0.2) is 0 Å². The van der Waals surface area contributed by atoms with E-state index in [9.17, 15) is 0 Å². The fraction of sp³-hybridized carbons (Fsp3) is 0.600. The van der Waals surface area contributed by atoms with Gasteiger partial charge in [-0.05, 0) is 0 Å². The molecule has 1 unspecified atom stereocenters. The van der Waals surface area contributed by atoms with Crippen LogP contribution < -0.4 is 9.64 Å². The highest BCUT2D eigenvalue weighted by Gasteiger charge is 2.21. The van der Waals surface area contributed by atoms with Gasteiger partial charge in [-0.1, -0.05) is 0 Å². The molecule has 1 atom stereocenters. The Morgan fingerprint density at radius 3 is 3.25 bits per heavy atom. The molecular formula is C10H14ClN3O2. The number of halogens is 1. The minimum absolute atomic E-state index is 0.0587. The zero-order valence-electron chi connectivity index (χ0n) is 9.10. The number of ether oxygens (including phenoxy) is 2. The van der Waals surface area contributed by atoms with Crippen LogP contribution in [0.1, 0.15) is 0 Å². The lowest BCUT2D eigenvalue weighted by atomic mass is 10.3. The van der Waals surface area contributed by atoms with Crippen LogP contribution in [0, 0.1) is 0 Å². The molecule has 88 valence electrons. The quantitative estimate of drug-likeness (QED) is 0.740. The van der Waals surface area contributed by atoms with Gasteiger partial charge in [-0.15, -0.1) is 11.6 Å². The van der Waals surface area contributed by atoms with Crippen molar-refractivity contribution >= 4 is 17.4 Å². The Labute approximate surface area is 99.3 Å². The molecule has 16 heavy (non-hydrogen) atoms. The number of aromatic nitrogens is 2. The molecule has 5 nitrogen and oxygen atoms in total. The smallest absolute Gasteiger partial charge is 0.233 e. The topological polar surface area (TPSA) is 47.5 Å². The van der Waals surface area contributed by atoms with Crippen molar-refractivity contribution in [1.29, 1.82) is 0 Å². The molecule has 0 N–H and O–H groups in total. The monoisotopic (exact) mass is 243 g/mol. The van der Waals surface area contributed by atoms with Gasteiger partial charge in [0.1, 0.15) is 0 Å². The van der Waals surface area contributed by atoms with Crippen molar-refractivity contribution in [1.82, 2.24) is 9.97 Å². The molecule has 0 spiro atoms. The zero-order chi connectivity index (χ0) is 11.4. The second-order valence-electron chi connectivity index (χ2n) is 3.51. The Hall–Kier alpha value is -1.07. The summed E-state index contributed by atoms with van der Waals surface area (Å²) in [5, 5.41) is 0. The number of morpholine rings is 1. The van der Waals surface area contributed by atoms with Crippen molar-refractivity contribution < 1.29 is 9.47 Å². The molecule has 0 bridgehead atoms. The van der Waals surface area contributed by atoms with Crippen LogP contribution >= 0.6 is 11.6 Å². The number of hydrogen-bond donors (Lipinski definition) is 0. The first kappa shape index (κ1) is 11.4. The van der Waals surface area contributed by atoms with E-state index >= 15 is 0 Å². The normalized spacial score (nSPS) is 20.9. The van der Waals surface area contributed by atoms with E-state index in [1.165, 1.54) is 0 Å². The molecule has 2 rings (SSSR count).